The van der Waals surface area contributed by atoms with Gasteiger partial charge >= 0.3 is 0 Å². The molecule has 0 aliphatic carbocycles. The lowest BCUT2D eigenvalue weighted by molar-refractivity contribution is -0.116. The highest BCUT2D eigenvalue weighted by Crippen LogP contribution is 2.18. The van der Waals surface area contributed by atoms with Gasteiger partial charge in [-0.25, -0.2) is 9.50 Å². The van der Waals surface area contributed by atoms with E-state index in [1.807, 2.05) is 26.8 Å². The number of para-hydroxylation sites is 1. The van der Waals surface area contributed by atoms with Gasteiger partial charge in [0.2, 0.25) is 5.91 Å². The van der Waals surface area contributed by atoms with Gasteiger partial charge in [0, 0.05) is 23.9 Å². The number of anilines is 1. The van der Waals surface area contributed by atoms with Crippen molar-refractivity contribution in [1.29, 1.82) is 0 Å². The fraction of sp³-hybridized carbons (Fsp3) is 0.263. The van der Waals surface area contributed by atoms with Crippen LogP contribution in [0.3, 0.4) is 0 Å². The summed E-state index contributed by atoms with van der Waals surface area (Å²) in [5, 5.41) is 7.20. The van der Waals surface area contributed by atoms with Crippen molar-refractivity contribution in [2.75, 3.05) is 5.32 Å². The van der Waals surface area contributed by atoms with E-state index < -0.39 is 5.91 Å². The van der Waals surface area contributed by atoms with E-state index in [9.17, 15) is 9.59 Å². The first-order chi connectivity index (χ1) is 12.4. The van der Waals surface area contributed by atoms with Crippen molar-refractivity contribution in [3.05, 3.63) is 58.5 Å². The van der Waals surface area contributed by atoms with Crippen molar-refractivity contribution in [1.82, 2.24) is 14.6 Å². The number of hydrogen-bond acceptors (Lipinski definition) is 4. The molecule has 26 heavy (non-hydrogen) atoms. The van der Waals surface area contributed by atoms with Gasteiger partial charge in [-0.2, -0.15) is 5.10 Å². The van der Waals surface area contributed by atoms with Gasteiger partial charge in [0.15, 0.2) is 5.65 Å². The van der Waals surface area contributed by atoms with Crippen LogP contribution in [0.5, 0.6) is 0 Å². The van der Waals surface area contributed by atoms with E-state index in [0.29, 0.717) is 17.7 Å². The molecule has 2 aromatic heterocycles. The van der Waals surface area contributed by atoms with Crippen molar-refractivity contribution < 1.29 is 9.59 Å². The van der Waals surface area contributed by atoms with Crippen LogP contribution < -0.4 is 11.1 Å². The summed E-state index contributed by atoms with van der Waals surface area (Å²) in [6.45, 7) is 5.83. The van der Waals surface area contributed by atoms with Crippen LogP contribution >= 0.6 is 0 Å². The molecule has 0 saturated carbocycles. The summed E-state index contributed by atoms with van der Waals surface area (Å²) in [4.78, 5) is 28.4. The number of nitrogens with zero attached hydrogens (tertiary/aromatic N) is 3. The quantitative estimate of drug-likeness (QED) is 0.736. The van der Waals surface area contributed by atoms with Gasteiger partial charge in [0.25, 0.3) is 5.91 Å². The first-order valence-corrected chi connectivity index (χ1v) is 8.38. The number of carbonyl (C=O) groups excluding carboxylic acids is 2. The third-order valence-corrected chi connectivity index (χ3v) is 4.35. The number of benzene rings is 1. The molecule has 0 atom stereocenters. The normalized spacial score (nSPS) is 10.9. The summed E-state index contributed by atoms with van der Waals surface area (Å²) < 4.78 is 1.80. The molecule has 3 rings (SSSR count). The standard InChI is InChI=1S/C19H21N5O2/c1-11-10-17-21-12(2)14(13(3)24(17)23-11)8-9-18(25)22-16-7-5-4-6-15(16)19(20)26/h4-7,10H,8-9H2,1-3H3,(H2,20,26)(H,22,25). The SMILES string of the molecule is Cc1cc2nc(C)c(CCC(=O)Nc3ccccc3C(N)=O)c(C)n2n1. The minimum atomic E-state index is -0.573. The van der Waals surface area contributed by atoms with E-state index in [1.165, 1.54) is 0 Å². The number of hydrogen-bond donors (Lipinski definition) is 2. The molecule has 0 spiro atoms. The van der Waals surface area contributed by atoms with Crippen LogP contribution in [0.25, 0.3) is 5.65 Å². The molecule has 1 aromatic carbocycles. The Hall–Kier alpha value is -3.22. The Kier molecular flexibility index (Phi) is 4.71. The van der Waals surface area contributed by atoms with Gasteiger partial charge in [-0.05, 0) is 44.9 Å². The summed E-state index contributed by atoms with van der Waals surface area (Å²) in [5.41, 5.74) is 10.6. The molecule has 134 valence electrons. The summed E-state index contributed by atoms with van der Waals surface area (Å²) in [7, 11) is 0. The second kappa shape index (κ2) is 6.95. The maximum atomic E-state index is 12.3. The molecular weight excluding hydrogens is 330 g/mol. The molecule has 0 aliphatic heterocycles. The van der Waals surface area contributed by atoms with Crippen LogP contribution in [0.1, 0.15) is 39.4 Å². The van der Waals surface area contributed by atoms with Crippen molar-refractivity contribution in [2.24, 2.45) is 5.73 Å². The summed E-state index contributed by atoms with van der Waals surface area (Å²) in [6, 6.07) is 8.62. The number of aryl methyl sites for hydroxylation is 3. The Balaban J connectivity index is 1.76. The first kappa shape index (κ1) is 17.6. The number of nitrogens with two attached hydrogens (primary N) is 1. The Morgan fingerprint density at radius 3 is 2.65 bits per heavy atom. The summed E-state index contributed by atoms with van der Waals surface area (Å²) >= 11 is 0. The lowest BCUT2D eigenvalue weighted by Gasteiger charge is -2.12. The topological polar surface area (TPSA) is 102 Å². The number of primary amides is 1. The number of nitrogens with one attached hydrogen (secondary N) is 1. The molecule has 0 fully saturated rings. The average Bonchev–Trinajstić information content (AvgIpc) is 2.95. The van der Waals surface area contributed by atoms with E-state index in [1.54, 1.807) is 28.8 Å². The van der Waals surface area contributed by atoms with Crippen LogP contribution in [0.2, 0.25) is 0 Å². The van der Waals surface area contributed by atoms with Gasteiger partial charge < -0.3 is 11.1 Å². The zero-order valence-corrected chi connectivity index (χ0v) is 15.0. The maximum absolute atomic E-state index is 12.3. The Morgan fingerprint density at radius 1 is 1.19 bits per heavy atom. The Labute approximate surface area is 151 Å². The van der Waals surface area contributed by atoms with E-state index in [2.05, 4.69) is 15.4 Å². The molecule has 0 unspecified atom stereocenters. The number of carbonyl (C=O) groups is 2. The zero-order chi connectivity index (χ0) is 18.8. The van der Waals surface area contributed by atoms with Gasteiger partial charge in [-0.15, -0.1) is 0 Å². The highest BCUT2D eigenvalue weighted by atomic mass is 16.2. The highest BCUT2D eigenvalue weighted by molar-refractivity contribution is 6.03. The number of fused-ring (bicyclic) bond motifs is 1. The summed E-state index contributed by atoms with van der Waals surface area (Å²) in [5.74, 6) is -0.759. The van der Waals surface area contributed by atoms with E-state index in [0.717, 1.165) is 28.3 Å². The first-order valence-electron chi connectivity index (χ1n) is 8.38. The van der Waals surface area contributed by atoms with Crippen LogP contribution in [-0.4, -0.2) is 26.4 Å². The fourth-order valence-electron chi connectivity index (χ4n) is 3.06. The maximum Gasteiger partial charge on any atom is 0.250 e. The smallest absolute Gasteiger partial charge is 0.250 e. The van der Waals surface area contributed by atoms with Gasteiger partial charge in [0.1, 0.15) is 0 Å². The highest BCUT2D eigenvalue weighted by Gasteiger charge is 2.14. The molecule has 3 N–H and O–H groups in total. The monoisotopic (exact) mass is 351 g/mol. The molecule has 7 heteroatoms. The third kappa shape index (κ3) is 3.42. The average molecular weight is 351 g/mol. The molecular formula is C19H21N5O2. The second-order valence-electron chi connectivity index (χ2n) is 6.27. The minimum Gasteiger partial charge on any atom is -0.366 e. The number of rotatable bonds is 5. The second-order valence-corrected chi connectivity index (χ2v) is 6.27. The van der Waals surface area contributed by atoms with Crippen molar-refractivity contribution in [3.63, 3.8) is 0 Å². The molecule has 0 aliphatic rings. The van der Waals surface area contributed by atoms with Crippen LogP contribution in [-0.2, 0) is 11.2 Å². The predicted octanol–water partition coefficient (Wildman–Crippen LogP) is 2.32. The van der Waals surface area contributed by atoms with E-state index in [4.69, 9.17) is 5.73 Å². The molecule has 3 aromatic rings. The molecule has 7 nitrogen and oxygen atoms in total. The van der Waals surface area contributed by atoms with Crippen LogP contribution in [0.4, 0.5) is 5.69 Å². The molecule has 2 amide bonds. The lowest BCUT2D eigenvalue weighted by atomic mass is 10.1. The van der Waals surface area contributed by atoms with Crippen LogP contribution in [0, 0.1) is 20.8 Å². The molecule has 0 radical (unpaired) electrons. The van der Waals surface area contributed by atoms with Crippen molar-refractivity contribution in [3.8, 4) is 0 Å². The predicted molar refractivity (Wildman–Crippen MR) is 99.1 cm³/mol. The van der Waals surface area contributed by atoms with Crippen molar-refractivity contribution in [2.45, 2.75) is 33.6 Å². The van der Waals surface area contributed by atoms with E-state index >= 15 is 0 Å². The van der Waals surface area contributed by atoms with Gasteiger partial charge in [0.05, 0.1) is 16.9 Å². The van der Waals surface area contributed by atoms with Gasteiger partial charge in [-0.1, -0.05) is 12.1 Å². The summed E-state index contributed by atoms with van der Waals surface area (Å²) in [6.07, 6.45) is 0.798. The third-order valence-electron chi connectivity index (χ3n) is 4.35. The van der Waals surface area contributed by atoms with Gasteiger partial charge in [-0.3, -0.25) is 9.59 Å². The fourth-order valence-corrected chi connectivity index (χ4v) is 3.06. The molecule has 0 bridgehead atoms. The van der Waals surface area contributed by atoms with Crippen LogP contribution in [0.15, 0.2) is 30.3 Å². The Morgan fingerprint density at radius 2 is 1.92 bits per heavy atom. The molecule has 2 heterocycles. The van der Waals surface area contributed by atoms with Crippen molar-refractivity contribution >= 4 is 23.1 Å². The minimum absolute atomic E-state index is 0.186. The van der Waals surface area contributed by atoms with E-state index in [-0.39, 0.29) is 12.3 Å². The molecule has 0 saturated heterocycles. The lowest BCUT2D eigenvalue weighted by Crippen LogP contribution is -2.19. The Bertz CT molecular complexity index is 1010. The zero-order valence-electron chi connectivity index (χ0n) is 15.0. The largest absolute Gasteiger partial charge is 0.366 e. The number of aromatic nitrogens is 3. The number of amides is 2.